The van der Waals surface area contributed by atoms with E-state index in [9.17, 15) is 8.42 Å². The Bertz CT molecular complexity index is 603. The molecule has 1 N–H and O–H groups in total. The molecule has 0 aromatic heterocycles. The lowest BCUT2D eigenvalue weighted by Crippen LogP contribution is -2.51. The van der Waals surface area contributed by atoms with Crippen molar-refractivity contribution in [3.8, 4) is 0 Å². The van der Waals surface area contributed by atoms with Gasteiger partial charge in [0.2, 0.25) is 0 Å². The van der Waals surface area contributed by atoms with Gasteiger partial charge < -0.3 is 5.32 Å². The summed E-state index contributed by atoms with van der Waals surface area (Å²) in [5.74, 6) is 0. The number of piperazine rings is 1. The van der Waals surface area contributed by atoms with Crippen molar-refractivity contribution in [1.29, 1.82) is 0 Å². The molecule has 0 bridgehead atoms. The van der Waals surface area contributed by atoms with Gasteiger partial charge in [-0.2, -0.15) is 17.0 Å². The van der Waals surface area contributed by atoms with Crippen LogP contribution in [-0.2, 0) is 10.2 Å². The van der Waals surface area contributed by atoms with Crippen LogP contribution in [0.5, 0.6) is 0 Å². The summed E-state index contributed by atoms with van der Waals surface area (Å²) in [6, 6.07) is 4.74. The van der Waals surface area contributed by atoms with Gasteiger partial charge in [-0.05, 0) is 24.6 Å². The smallest absolute Gasteiger partial charge is 0.282 e. The molecule has 1 fully saturated rings. The zero-order valence-corrected chi connectivity index (χ0v) is 14.3. The minimum absolute atomic E-state index is 0.366. The van der Waals surface area contributed by atoms with E-state index in [4.69, 9.17) is 23.2 Å². The van der Waals surface area contributed by atoms with Crippen LogP contribution in [0, 0.1) is 0 Å². The van der Waals surface area contributed by atoms with E-state index in [-0.39, 0.29) is 6.04 Å². The third kappa shape index (κ3) is 3.70. The Morgan fingerprint density at radius 1 is 1.29 bits per heavy atom. The van der Waals surface area contributed by atoms with Crippen molar-refractivity contribution < 1.29 is 8.42 Å². The Labute approximate surface area is 136 Å². The molecule has 1 aromatic carbocycles. The maximum atomic E-state index is 12.6. The van der Waals surface area contributed by atoms with E-state index in [1.165, 1.54) is 8.61 Å². The topological polar surface area (TPSA) is 52.7 Å². The zero-order chi connectivity index (χ0) is 15.6. The molecule has 1 heterocycles. The molecule has 1 aliphatic rings. The summed E-state index contributed by atoms with van der Waals surface area (Å²) in [5, 5.41) is 4.14. The van der Waals surface area contributed by atoms with E-state index in [2.05, 4.69) is 5.32 Å². The van der Waals surface area contributed by atoms with Gasteiger partial charge in [-0.25, -0.2) is 0 Å². The highest BCUT2D eigenvalue weighted by Gasteiger charge is 2.32. The van der Waals surface area contributed by atoms with Crippen LogP contribution in [0.1, 0.15) is 18.5 Å². The van der Waals surface area contributed by atoms with Gasteiger partial charge in [0.1, 0.15) is 0 Å². The fourth-order valence-electron chi connectivity index (χ4n) is 2.29. The summed E-state index contributed by atoms with van der Waals surface area (Å²) in [4.78, 5) is 0. The van der Waals surface area contributed by atoms with Crippen molar-refractivity contribution in [2.45, 2.75) is 13.0 Å². The Balaban J connectivity index is 2.23. The van der Waals surface area contributed by atoms with Crippen LogP contribution in [0.4, 0.5) is 0 Å². The Morgan fingerprint density at radius 3 is 2.48 bits per heavy atom. The van der Waals surface area contributed by atoms with Crippen molar-refractivity contribution >= 4 is 33.4 Å². The minimum atomic E-state index is -3.50. The molecule has 1 saturated heterocycles. The molecule has 1 unspecified atom stereocenters. The second-order valence-corrected chi connectivity index (χ2v) is 7.85. The number of nitrogens with zero attached hydrogens (tertiary/aromatic N) is 2. The summed E-state index contributed by atoms with van der Waals surface area (Å²) in [5.41, 5.74) is 0.738. The second-order valence-electron chi connectivity index (χ2n) is 5.01. The summed E-state index contributed by atoms with van der Waals surface area (Å²) in [7, 11) is -1.92. The van der Waals surface area contributed by atoms with Gasteiger partial charge >= 0.3 is 0 Å². The van der Waals surface area contributed by atoms with Crippen LogP contribution in [0.15, 0.2) is 18.2 Å². The van der Waals surface area contributed by atoms with E-state index in [1.807, 2.05) is 6.92 Å². The SMILES string of the molecule is CC(c1ccc(Cl)cc1Cl)N(C)S(=O)(=O)N1CCNCC1. The lowest BCUT2D eigenvalue weighted by molar-refractivity contribution is 0.306. The molecule has 1 aliphatic heterocycles. The van der Waals surface area contributed by atoms with Crippen molar-refractivity contribution in [2.24, 2.45) is 0 Å². The zero-order valence-electron chi connectivity index (χ0n) is 12.0. The third-order valence-electron chi connectivity index (χ3n) is 3.72. The fourth-order valence-corrected chi connectivity index (χ4v) is 4.38. The predicted octanol–water partition coefficient (Wildman–Crippen LogP) is 2.14. The van der Waals surface area contributed by atoms with Crippen molar-refractivity contribution in [1.82, 2.24) is 13.9 Å². The largest absolute Gasteiger partial charge is 0.314 e. The first-order valence-electron chi connectivity index (χ1n) is 6.73. The average molecular weight is 352 g/mol. The van der Waals surface area contributed by atoms with Gasteiger partial charge in [0.05, 0.1) is 0 Å². The molecular formula is C13H19Cl2N3O2S. The third-order valence-corrected chi connectivity index (χ3v) is 6.35. The molecule has 21 heavy (non-hydrogen) atoms. The first-order chi connectivity index (χ1) is 9.84. The Kier molecular flexibility index (Phi) is 5.51. The molecule has 5 nitrogen and oxygen atoms in total. The van der Waals surface area contributed by atoms with Crippen molar-refractivity contribution in [2.75, 3.05) is 33.2 Å². The van der Waals surface area contributed by atoms with Gasteiger partial charge in [-0.15, -0.1) is 0 Å². The van der Waals surface area contributed by atoms with Crippen molar-refractivity contribution in [3.63, 3.8) is 0 Å². The second kappa shape index (κ2) is 6.81. The molecule has 8 heteroatoms. The molecule has 0 radical (unpaired) electrons. The number of hydrogen-bond acceptors (Lipinski definition) is 3. The summed E-state index contributed by atoms with van der Waals surface area (Å²) in [6.45, 7) is 4.11. The lowest BCUT2D eigenvalue weighted by Gasteiger charge is -2.33. The van der Waals surface area contributed by atoms with Gasteiger partial charge in [0.15, 0.2) is 0 Å². The maximum absolute atomic E-state index is 12.6. The summed E-state index contributed by atoms with van der Waals surface area (Å²) >= 11 is 12.1. The number of nitrogens with one attached hydrogen (secondary N) is 1. The standard InChI is InChI=1S/C13H19Cl2N3O2S/c1-10(12-4-3-11(14)9-13(12)15)17(2)21(19,20)18-7-5-16-6-8-18/h3-4,9-10,16H,5-8H2,1-2H3. The van der Waals surface area contributed by atoms with Gasteiger partial charge in [0, 0.05) is 49.3 Å². The highest BCUT2D eigenvalue weighted by Crippen LogP contribution is 2.31. The van der Waals surface area contributed by atoms with E-state index in [0.29, 0.717) is 36.2 Å². The number of hydrogen-bond donors (Lipinski definition) is 1. The predicted molar refractivity (Wildman–Crippen MR) is 86.0 cm³/mol. The number of benzene rings is 1. The normalized spacial score (nSPS) is 18.9. The summed E-state index contributed by atoms with van der Waals surface area (Å²) < 4.78 is 28.1. The van der Waals surface area contributed by atoms with Gasteiger partial charge in [0.25, 0.3) is 10.2 Å². The van der Waals surface area contributed by atoms with Crippen LogP contribution in [-0.4, -0.2) is 50.3 Å². The minimum Gasteiger partial charge on any atom is -0.314 e. The quantitative estimate of drug-likeness (QED) is 0.903. The maximum Gasteiger partial charge on any atom is 0.282 e. The Hall–Kier alpha value is -0.370. The van der Waals surface area contributed by atoms with E-state index in [0.717, 1.165) is 5.56 Å². The molecule has 1 atom stereocenters. The number of halogens is 2. The highest BCUT2D eigenvalue weighted by atomic mass is 35.5. The Morgan fingerprint density at radius 2 is 1.90 bits per heavy atom. The van der Waals surface area contributed by atoms with Crippen molar-refractivity contribution in [3.05, 3.63) is 33.8 Å². The fraction of sp³-hybridized carbons (Fsp3) is 0.538. The molecule has 1 aromatic rings. The molecule has 0 spiro atoms. The molecule has 118 valence electrons. The molecular weight excluding hydrogens is 333 g/mol. The highest BCUT2D eigenvalue weighted by molar-refractivity contribution is 7.86. The molecule has 0 aliphatic carbocycles. The first kappa shape index (κ1) is 17.0. The molecule has 0 saturated carbocycles. The van der Waals surface area contributed by atoms with Crippen LogP contribution < -0.4 is 5.32 Å². The van der Waals surface area contributed by atoms with Crippen LogP contribution in [0.2, 0.25) is 10.0 Å². The summed E-state index contributed by atoms with van der Waals surface area (Å²) in [6.07, 6.45) is 0. The van der Waals surface area contributed by atoms with E-state index in [1.54, 1.807) is 25.2 Å². The van der Waals surface area contributed by atoms with E-state index < -0.39 is 10.2 Å². The average Bonchev–Trinajstić information content (AvgIpc) is 2.46. The number of rotatable bonds is 4. The van der Waals surface area contributed by atoms with Gasteiger partial charge in [-0.3, -0.25) is 0 Å². The first-order valence-corrected chi connectivity index (χ1v) is 8.88. The molecule has 0 amide bonds. The van der Waals surface area contributed by atoms with Crippen LogP contribution in [0.3, 0.4) is 0 Å². The van der Waals surface area contributed by atoms with Crippen LogP contribution >= 0.6 is 23.2 Å². The lowest BCUT2D eigenvalue weighted by atomic mass is 10.1. The van der Waals surface area contributed by atoms with Gasteiger partial charge in [-0.1, -0.05) is 29.3 Å². The van der Waals surface area contributed by atoms with Crippen LogP contribution in [0.25, 0.3) is 0 Å². The van der Waals surface area contributed by atoms with E-state index >= 15 is 0 Å². The molecule has 2 rings (SSSR count). The monoisotopic (exact) mass is 351 g/mol.